The second-order valence-electron chi connectivity index (χ2n) is 7.97. The number of nitrogens with zero attached hydrogens (tertiary/aromatic N) is 2. The predicted molar refractivity (Wildman–Crippen MR) is 103 cm³/mol. The Morgan fingerprint density at radius 2 is 2.00 bits per heavy atom. The highest BCUT2D eigenvalue weighted by molar-refractivity contribution is 6.05. The van der Waals surface area contributed by atoms with Gasteiger partial charge in [-0.25, -0.2) is 0 Å². The van der Waals surface area contributed by atoms with E-state index in [2.05, 4.69) is 24.1 Å². The van der Waals surface area contributed by atoms with Crippen molar-refractivity contribution in [3.63, 3.8) is 0 Å². The molecule has 28 heavy (non-hydrogen) atoms. The summed E-state index contributed by atoms with van der Waals surface area (Å²) in [5.41, 5.74) is 1.49. The number of hydrogen-bond donors (Lipinski definition) is 1. The normalized spacial score (nSPS) is 28.3. The summed E-state index contributed by atoms with van der Waals surface area (Å²) in [4.78, 5) is 40.3. The van der Waals surface area contributed by atoms with E-state index < -0.39 is 6.04 Å². The molecule has 150 valence electrons. The van der Waals surface area contributed by atoms with Crippen LogP contribution in [0.3, 0.4) is 0 Å². The lowest BCUT2D eigenvalue weighted by atomic mass is 10.0. The van der Waals surface area contributed by atoms with Crippen molar-refractivity contribution in [2.24, 2.45) is 0 Å². The molecular formula is C21H27N3O4. The zero-order valence-electron chi connectivity index (χ0n) is 16.4. The van der Waals surface area contributed by atoms with Crippen molar-refractivity contribution < 1.29 is 19.1 Å². The molecule has 1 aromatic carbocycles. The quantitative estimate of drug-likeness (QED) is 0.798. The molecule has 3 amide bonds. The average Bonchev–Trinajstić information content (AvgIpc) is 2.99. The van der Waals surface area contributed by atoms with Crippen LogP contribution in [0.4, 0.5) is 0 Å². The minimum absolute atomic E-state index is 0.151. The maximum Gasteiger partial charge on any atom is 0.255 e. The largest absolute Gasteiger partial charge is 0.489 e. The fourth-order valence-corrected chi connectivity index (χ4v) is 4.50. The van der Waals surface area contributed by atoms with Crippen LogP contribution in [0, 0.1) is 0 Å². The second kappa shape index (κ2) is 7.54. The van der Waals surface area contributed by atoms with Gasteiger partial charge < -0.3 is 9.64 Å². The van der Waals surface area contributed by atoms with Crippen LogP contribution < -0.4 is 10.1 Å². The molecule has 0 saturated carbocycles. The maximum atomic E-state index is 12.8. The zero-order chi connectivity index (χ0) is 19.8. The average molecular weight is 385 g/mol. The van der Waals surface area contributed by atoms with Gasteiger partial charge >= 0.3 is 0 Å². The number of hydrogen-bond acceptors (Lipinski definition) is 5. The number of likely N-dealkylation sites (tertiary alicyclic amines) is 1. The Morgan fingerprint density at radius 3 is 2.75 bits per heavy atom. The van der Waals surface area contributed by atoms with E-state index in [9.17, 15) is 14.4 Å². The van der Waals surface area contributed by atoms with Crippen molar-refractivity contribution in [2.45, 2.75) is 64.3 Å². The zero-order valence-corrected chi connectivity index (χ0v) is 16.4. The number of imide groups is 1. The van der Waals surface area contributed by atoms with Gasteiger partial charge in [0.1, 0.15) is 17.9 Å². The van der Waals surface area contributed by atoms with Crippen LogP contribution in [0.25, 0.3) is 0 Å². The maximum absolute atomic E-state index is 12.8. The van der Waals surface area contributed by atoms with E-state index in [0.29, 0.717) is 24.6 Å². The Labute approximate surface area is 165 Å². The molecule has 0 aliphatic carbocycles. The van der Waals surface area contributed by atoms with Gasteiger partial charge in [0.25, 0.3) is 5.91 Å². The van der Waals surface area contributed by atoms with Gasteiger partial charge in [0.15, 0.2) is 0 Å². The third-order valence-corrected chi connectivity index (χ3v) is 6.17. The van der Waals surface area contributed by atoms with E-state index in [0.717, 1.165) is 37.2 Å². The number of piperidine rings is 2. The van der Waals surface area contributed by atoms with Crippen molar-refractivity contribution >= 4 is 17.7 Å². The highest BCUT2D eigenvalue weighted by Gasteiger charge is 2.39. The highest BCUT2D eigenvalue weighted by atomic mass is 16.5. The van der Waals surface area contributed by atoms with Gasteiger partial charge in [-0.3, -0.25) is 24.6 Å². The molecule has 7 nitrogen and oxygen atoms in total. The number of benzene rings is 1. The van der Waals surface area contributed by atoms with E-state index in [1.54, 1.807) is 11.0 Å². The summed E-state index contributed by atoms with van der Waals surface area (Å²) in [6.45, 7) is 6.73. The first-order valence-corrected chi connectivity index (χ1v) is 10.1. The van der Waals surface area contributed by atoms with Crippen LogP contribution in [-0.2, 0) is 16.1 Å². The summed E-state index contributed by atoms with van der Waals surface area (Å²) in [6, 6.07) is 5.57. The minimum Gasteiger partial charge on any atom is -0.489 e. The molecule has 0 aromatic heterocycles. The number of ether oxygens (including phenoxy) is 1. The number of nitrogens with one attached hydrogen (secondary N) is 1. The van der Waals surface area contributed by atoms with Gasteiger partial charge in [0, 0.05) is 31.1 Å². The molecule has 3 atom stereocenters. The van der Waals surface area contributed by atoms with Crippen molar-refractivity contribution in [2.75, 3.05) is 13.1 Å². The lowest BCUT2D eigenvalue weighted by Crippen LogP contribution is -2.52. The monoisotopic (exact) mass is 385 g/mol. The van der Waals surface area contributed by atoms with Crippen molar-refractivity contribution in [3.05, 3.63) is 29.3 Å². The molecule has 0 bridgehead atoms. The van der Waals surface area contributed by atoms with E-state index in [1.165, 1.54) is 0 Å². The van der Waals surface area contributed by atoms with Crippen molar-refractivity contribution in [3.8, 4) is 5.75 Å². The lowest BCUT2D eigenvalue weighted by molar-refractivity contribution is -0.136. The van der Waals surface area contributed by atoms with Crippen LogP contribution >= 0.6 is 0 Å². The van der Waals surface area contributed by atoms with Crippen LogP contribution in [-0.4, -0.2) is 58.8 Å². The fraction of sp³-hybridized carbons (Fsp3) is 0.571. The molecule has 2 saturated heterocycles. The van der Waals surface area contributed by atoms with Crippen LogP contribution in [0.2, 0.25) is 0 Å². The number of likely N-dealkylation sites (N-methyl/N-ethyl adjacent to an activating group) is 1. The Kier molecular flexibility index (Phi) is 5.10. The second-order valence-corrected chi connectivity index (χ2v) is 7.97. The minimum atomic E-state index is -0.583. The van der Waals surface area contributed by atoms with E-state index in [4.69, 9.17) is 4.74 Å². The fourth-order valence-electron chi connectivity index (χ4n) is 4.50. The lowest BCUT2D eigenvalue weighted by Gasteiger charge is -2.37. The van der Waals surface area contributed by atoms with Gasteiger partial charge in [-0.05, 0) is 56.5 Å². The van der Waals surface area contributed by atoms with E-state index in [1.807, 2.05) is 12.1 Å². The SMILES string of the molecule is CCN1C[C@H](Oc2ccc3c(c2)CN(C2CCC(=O)NC2=O)C3=O)CC[C@@H]1C. The molecule has 2 fully saturated rings. The third kappa shape index (κ3) is 3.51. The predicted octanol–water partition coefficient (Wildman–Crippen LogP) is 1.70. The molecule has 1 aromatic rings. The Hall–Kier alpha value is -2.41. The van der Waals surface area contributed by atoms with E-state index >= 15 is 0 Å². The molecule has 4 rings (SSSR count). The Morgan fingerprint density at radius 1 is 1.18 bits per heavy atom. The molecule has 3 aliphatic heterocycles. The first-order chi connectivity index (χ1) is 13.5. The summed E-state index contributed by atoms with van der Waals surface area (Å²) >= 11 is 0. The van der Waals surface area contributed by atoms with E-state index in [-0.39, 0.29) is 30.2 Å². The number of amides is 3. The number of rotatable bonds is 4. The molecule has 3 aliphatic rings. The van der Waals surface area contributed by atoms with Crippen LogP contribution in [0.1, 0.15) is 55.5 Å². The molecule has 0 radical (unpaired) electrons. The van der Waals surface area contributed by atoms with Crippen LogP contribution in [0.5, 0.6) is 5.75 Å². The summed E-state index contributed by atoms with van der Waals surface area (Å²) in [7, 11) is 0. The van der Waals surface area contributed by atoms with Gasteiger partial charge in [-0.1, -0.05) is 6.92 Å². The summed E-state index contributed by atoms with van der Waals surface area (Å²) in [5.74, 6) is -0.0409. The number of fused-ring (bicyclic) bond motifs is 1. The van der Waals surface area contributed by atoms with Crippen molar-refractivity contribution in [1.29, 1.82) is 0 Å². The number of carbonyl (C=O) groups is 3. The van der Waals surface area contributed by atoms with Gasteiger partial charge in [-0.2, -0.15) is 0 Å². The Balaban J connectivity index is 1.45. The highest BCUT2D eigenvalue weighted by Crippen LogP contribution is 2.31. The molecule has 0 spiro atoms. The first kappa shape index (κ1) is 18.9. The molecule has 7 heteroatoms. The van der Waals surface area contributed by atoms with Crippen molar-refractivity contribution in [1.82, 2.24) is 15.1 Å². The smallest absolute Gasteiger partial charge is 0.255 e. The third-order valence-electron chi connectivity index (χ3n) is 6.17. The molecule has 3 heterocycles. The summed E-state index contributed by atoms with van der Waals surface area (Å²) in [5, 5.41) is 2.33. The van der Waals surface area contributed by atoms with Crippen LogP contribution in [0.15, 0.2) is 18.2 Å². The summed E-state index contributed by atoms with van der Waals surface area (Å²) in [6.07, 6.45) is 2.93. The Bertz CT molecular complexity index is 809. The molecule has 1 N–H and O–H groups in total. The van der Waals surface area contributed by atoms with Gasteiger partial charge in [-0.15, -0.1) is 0 Å². The standard InChI is InChI=1S/C21H27N3O4/c1-3-23-12-16(5-4-13(23)2)28-15-6-7-17-14(10-15)11-24(21(17)27)18-8-9-19(25)22-20(18)26/h6-7,10,13,16,18H,3-5,8-9,11-12H2,1-2H3,(H,22,25,26)/t13-,16+,18?/m0/s1. The molecular weight excluding hydrogens is 358 g/mol. The molecule has 1 unspecified atom stereocenters. The first-order valence-electron chi connectivity index (χ1n) is 10.1. The topological polar surface area (TPSA) is 79.0 Å². The van der Waals surface area contributed by atoms with Gasteiger partial charge in [0.2, 0.25) is 11.8 Å². The number of carbonyl (C=O) groups excluding carboxylic acids is 3. The summed E-state index contributed by atoms with van der Waals surface area (Å²) < 4.78 is 6.22. The van der Waals surface area contributed by atoms with Gasteiger partial charge in [0.05, 0.1) is 0 Å².